The second-order valence-corrected chi connectivity index (χ2v) is 7.46. The fraction of sp³-hybridized carbons (Fsp3) is 0.450. The number of morpholine rings is 1. The molecule has 0 radical (unpaired) electrons. The third-order valence-corrected chi connectivity index (χ3v) is 5.67. The van der Waals surface area contributed by atoms with Crippen molar-refractivity contribution in [1.29, 1.82) is 0 Å². The smallest absolute Gasteiger partial charge is 0.251 e. The number of ether oxygens (including phenoxy) is 2. The SMILES string of the molecule is CCOc1ccc(C(=O)N[C@H](C)[C@H](c2cccs2)[NH+]2CCOCC2)cc1. The van der Waals surface area contributed by atoms with Gasteiger partial charge in [-0.15, -0.1) is 11.3 Å². The van der Waals surface area contributed by atoms with Crippen LogP contribution in [-0.4, -0.2) is 44.9 Å². The lowest BCUT2D eigenvalue weighted by molar-refractivity contribution is -0.939. The maximum atomic E-state index is 12.7. The topological polar surface area (TPSA) is 52.0 Å². The van der Waals surface area contributed by atoms with E-state index < -0.39 is 0 Å². The molecule has 5 nitrogen and oxygen atoms in total. The first-order valence-electron chi connectivity index (χ1n) is 9.18. The second kappa shape index (κ2) is 9.16. The van der Waals surface area contributed by atoms with Gasteiger partial charge in [-0.2, -0.15) is 0 Å². The van der Waals surface area contributed by atoms with E-state index in [-0.39, 0.29) is 18.0 Å². The molecule has 1 fully saturated rings. The summed E-state index contributed by atoms with van der Waals surface area (Å²) in [5.74, 6) is 0.737. The van der Waals surface area contributed by atoms with E-state index in [1.807, 2.05) is 31.2 Å². The zero-order chi connectivity index (χ0) is 18.4. The van der Waals surface area contributed by atoms with Crippen molar-refractivity contribution >= 4 is 17.2 Å². The van der Waals surface area contributed by atoms with Crippen molar-refractivity contribution in [2.24, 2.45) is 0 Å². The molecular formula is C20H27N2O3S+. The second-order valence-electron chi connectivity index (χ2n) is 6.48. The van der Waals surface area contributed by atoms with E-state index >= 15 is 0 Å². The molecule has 1 aromatic heterocycles. The molecule has 0 saturated carbocycles. The van der Waals surface area contributed by atoms with Gasteiger partial charge >= 0.3 is 0 Å². The zero-order valence-corrected chi connectivity index (χ0v) is 16.2. The number of thiophene rings is 1. The van der Waals surface area contributed by atoms with Crippen LogP contribution in [0.25, 0.3) is 0 Å². The van der Waals surface area contributed by atoms with Gasteiger partial charge in [0.2, 0.25) is 0 Å². The van der Waals surface area contributed by atoms with Gasteiger partial charge in [-0.1, -0.05) is 6.07 Å². The average Bonchev–Trinajstić information content (AvgIpc) is 3.18. The van der Waals surface area contributed by atoms with Crippen molar-refractivity contribution in [1.82, 2.24) is 5.32 Å². The van der Waals surface area contributed by atoms with E-state index in [1.165, 1.54) is 9.78 Å². The van der Waals surface area contributed by atoms with E-state index in [4.69, 9.17) is 9.47 Å². The van der Waals surface area contributed by atoms with Crippen LogP contribution in [0.2, 0.25) is 0 Å². The summed E-state index contributed by atoms with van der Waals surface area (Å²) in [6, 6.07) is 11.8. The van der Waals surface area contributed by atoms with Crippen molar-refractivity contribution in [3.63, 3.8) is 0 Å². The molecule has 1 saturated heterocycles. The maximum absolute atomic E-state index is 12.7. The Hall–Kier alpha value is -1.89. The summed E-state index contributed by atoms with van der Waals surface area (Å²) in [6.45, 7) is 8.14. The molecule has 1 aliphatic rings. The molecule has 3 rings (SSSR count). The standard InChI is InChI=1S/C20H26N2O3S/c1-3-25-17-8-6-16(7-9-17)20(23)21-15(2)19(18-5-4-14-26-18)22-10-12-24-13-11-22/h4-9,14-15,19H,3,10-13H2,1-2H3,(H,21,23)/p+1/t15-,19-/m1/s1. The van der Waals surface area contributed by atoms with Crippen LogP contribution in [0.1, 0.15) is 35.1 Å². The van der Waals surface area contributed by atoms with Gasteiger partial charge in [-0.05, 0) is 49.6 Å². The highest BCUT2D eigenvalue weighted by atomic mass is 32.1. The number of hydrogen-bond acceptors (Lipinski definition) is 4. The van der Waals surface area contributed by atoms with Gasteiger partial charge in [0.15, 0.2) is 0 Å². The molecule has 140 valence electrons. The Kier molecular flexibility index (Phi) is 6.66. The number of hydrogen-bond donors (Lipinski definition) is 2. The molecule has 2 N–H and O–H groups in total. The normalized spacial score (nSPS) is 17.5. The summed E-state index contributed by atoms with van der Waals surface area (Å²) in [5.41, 5.74) is 0.655. The number of carbonyl (C=O) groups is 1. The van der Waals surface area contributed by atoms with Crippen molar-refractivity contribution in [3.8, 4) is 5.75 Å². The van der Waals surface area contributed by atoms with E-state index in [2.05, 4.69) is 29.8 Å². The minimum atomic E-state index is -0.0465. The van der Waals surface area contributed by atoms with E-state index in [1.54, 1.807) is 11.3 Å². The van der Waals surface area contributed by atoms with Crippen LogP contribution in [0.3, 0.4) is 0 Å². The van der Waals surface area contributed by atoms with Crippen LogP contribution in [-0.2, 0) is 4.74 Å². The zero-order valence-electron chi connectivity index (χ0n) is 15.4. The highest BCUT2D eigenvalue weighted by molar-refractivity contribution is 7.10. The first-order chi connectivity index (χ1) is 12.7. The Balaban J connectivity index is 1.70. The van der Waals surface area contributed by atoms with Crippen molar-refractivity contribution < 1.29 is 19.2 Å². The lowest BCUT2D eigenvalue weighted by Gasteiger charge is -2.34. The van der Waals surface area contributed by atoms with Gasteiger partial charge in [0.05, 0.1) is 30.7 Å². The molecule has 2 atom stereocenters. The highest BCUT2D eigenvalue weighted by Crippen LogP contribution is 2.20. The van der Waals surface area contributed by atoms with Crippen LogP contribution in [0.5, 0.6) is 5.75 Å². The molecule has 0 aliphatic carbocycles. The first kappa shape index (κ1) is 18.9. The predicted octanol–water partition coefficient (Wildman–Crippen LogP) is 1.92. The first-order valence-corrected chi connectivity index (χ1v) is 10.1. The van der Waals surface area contributed by atoms with Gasteiger partial charge in [-0.25, -0.2) is 0 Å². The number of nitrogens with one attached hydrogen (secondary N) is 2. The third kappa shape index (κ3) is 4.63. The Morgan fingerprint density at radius 3 is 2.62 bits per heavy atom. The Bertz CT molecular complexity index is 682. The summed E-state index contributed by atoms with van der Waals surface area (Å²) in [5, 5.41) is 5.30. The average molecular weight is 376 g/mol. The van der Waals surface area contributed by atoms with Crippen LogP contribution in [0, 0.1) is 0 Å². The summed E-state index contributed by atoms with van der Waals surface area (Å²) >= 11 is 1.75. The molecule has 0 bridgehead atoms. The number of amides is 1. The van der Waals surface area contributed by atoms with Gasteiger partial charge in [0.25, 0.3) is 5.91 Å². The Morgan fingerprint density at radius 2 is 2.00 bits per heavy atom. The van der Waals surface area contributed by atoms with Crippen molar-refractivity contribution in [2.75, 3.05) is 32.9 Å². The monoisotopic (exact) mass is 375 g/mol. The minimum Gasteiger partial charge on any atom is -0.494 e. The fourth-order valence-electron chi connectivity index (χ4n) is 3.46. The molecular weight excluding hydrogens is 348 g/mol. The number of rotatable bonds is 7. The van der Waals surface area contributed by atoms with E-state index in [0.717, 1.165) is 32.1 Å². The quantitative estimate of drug-likeness (QED) is 0.777. The van der Waals surface area contributed by atoms with Crippen LogP contribution < -0.4 is 15.0 Å². The molecule has 1 aliphatic heterocycles. The van der Waals surface area contributed by atoms with Gasteiger partial charge in [0.1, 0.15) is 24.9 Å². The predicted molar refractivity (Wildman–Crippen MR) is 103 cm³/mol. The summed E-state index contributed by atoms with van der Waals surface area (Å²) < 4.78 is 11.0. The van der Waals surface area contributed by atoms with Crippen LogP contribution in [0.15, 0.2) is 41.8 Å². The number of carbonyl (C=O) groups excluding carboxylic acids is 1. The van der Waals surface area contributed by atoms with E-state index in [0.29, 0.717) is 12.2 Å². The molecule has 2 aromatic rings. The van der Waals surface area contributed by atoms with Gasteiger partial charge < -0.3 is 19.7 Å². The lowest BCUT2D eigenvalue weighted by Crippen LogP contribution is -3.15. The third-order valence-electron chi connectivity index (χ3n) is 4.71. The largest absolute Gasteiger partial charge is 0.494 e. The van der Waals surface area contributed by atoms with Gasteiger partial charge in [-0.3, -0.25) is 4.79 Å². The molecule has 6 heteroatoms. The Morgan fingerprint density at radius 1 is 1.27 bits per heavy atom. The summed E-state index contributed by atoms with van der Waals surface area (Å²) in [4.78, 5) is 15.5. The van der Waals surface area contributed by atoms with Gasteiger partial charge in [0, 0.05) is 5.56 Å². The lowest BCUT2D eigenvalue weighted by atomic mass is 10.0. The van der Waals surface area contributed by atoms with Crippen LogP contribution in [0.4, 0.5) is 0 Å². The maximum Gasteiger partial charge on any atom is 0.251 e. The number of quaternary nitrogens is 1. The molecule has 1 aromatic carbocycles. The molecule has 0 spiro atoms. The summed E-state index contributed by atoms with van der Waals surface area (Å²) in [7, 11) is 0. The number of benzene rings is 1. The summed E-state index contributed by atoms with van der Waals surface area (Å²) in [6.07, 6.45) is 0. The molecule has 1 amide bonds. The molecule has 26 heavy (non-hydrogen) atoms. The highest BCUT2D eigenvalue weighted by Gasteiger charge is 2.33. The minimum absolute atomic E-state index is 0.0285. The van der Waals surface area contributed by atoms with Crippen molar-refractivity contribution in [2.45, 2.75) is 25.9 Å². The Labute approximate surface area is 158 Å². The molecule has 2 heterocycles. The van der Waals surface area contributed by atoms with E-state index in [9.17, 15) is 4.79 Å². The van der Waals surface area contributed by atoms with Crippen molar-refractivity contribution in [3.05, 3.63) is 52.2 Å². The fourth-order valence-corrected chi connectivity index (χ4v) is 4.45. The molecule has 0 unspecified atom stereocenters. The van der Waals surface area contributed by atoms with Crippen LogP contribution >= 0.6 is 11.3 Å².